The Kier molecular flexibility index (Phi) is 2.30. The summed E-state index contributed by atoms with van der Waals surface area (Å²) in [5.41, 5.74) is 0.404. The van der Waals surface area contributed by atoms with E-state index < -0.39 is 17.9 Å². The third-order valence-corrected chi connectivity index (χ3v) is 3.13. The van der Waals surface area contributed by atoms with Crippen LogP contribution >= 0.6 is 0 Å². The third kappa shape index (κ3) is 1.33. The van der Waals surface area contributed by atoms with Gasteiger partial charge in [-0.2, -0.15) is 4.39 Å². The van der Waals surface area contributed by atoms with Crippen molar-refractivity contribution in [2.45, 2.75) is 18.8 Å². The number of rotatable bonds is 2. The van der Waals surface area contributed by atoms with Crippen LogP contribution in [0.1, 0.15) is 18.9 Å². The second kappa shape index (κ2) is 3.40. The monoisotopic (exact) mass is 221 g/mol. The largest absolute Gasteiger partial charge is 0.314 e. The van der Waals surface area contributed by atoms with Crippen LogP contribution in [0.25, 0.3) is 0 Å². The van der Waals surface area contributed by atoms with Crippen molar-refractivity contribution < 1.29 is 14.0 Å². The molecular weight excluding hydrogens is 209 g/mol. The highest BCUT2D eigenvalue weighted by atomic mass is 19.1. The van der Waals surface area contributed by atoms with Crippen molar-refractivity contribution in [3.8, 4) is 0 Å². The molecule has 2 rings (SSSR count). The molecule has 0 aliphatic carbocycles. The minimum Gasteiger partial charge on any atom is -0.314 e. The summed E-state index contributed by atoms with van der Waals surface area (Å²) < 4.78 is 12.6. The van der Waals surface area contributed by atoms with Crippen LogP contribution in [0.15, 0.2) is 24.3 Å². The molecule has 0 unspecified atom stereocenters. The molecule has 0 saturated heterocycles. The maximum atomic E-state index is 12.6. The molecule has 0 radical (unpaired) electrons. The number of amides is 1. The van der Waals surface area contributed by atoms with Gasteiger partial charge in [-0.1, -0.05) is 18.2 Å². The van der Waals surface area contributed by atoms with E-state index in [4.69, 9.17) is 0 Å². The molecule has 1 aromatic carbocycles. The number of benzene rings is 1. The zero-order valence-corrected chi connectivity index (χ0v) is 9.16. The lowest BCUT2D eigenvalue weighted by atomic mass is 9.81. The van der Waals surface area contributed by atoms with Crippen molar-refractivity contribution in [1.82, 2.24) is 0 Å². The maximum Gasteiger partial charge on any atom is 0.302 e. The summed E-state index contributed by atoms with van der Waals surface area (Å²) in [5, 5.41) is 0. The molecule has 1 atom stereocenters. The summed E-state index contributed by atoms with van der Waals surface area (Å²) in [4.78, 5) is 24.1. The van der Waals surface area contributed by atoms with Crippen molar-refractivity contribution in [3.05, 3.63) is 29.8 Å². The van der Waals surface area contributed by atoms with E-state index in [9.17, 15) is 14.0 Å². The van der Waals surface area contributed by atoms with Crippen molar-refractivity contribution in [2.75, 3.05) is 11.9 Å². The number of carbonyl (C=O) groups is 2. The molecule has 0 N–H and O–H groups in total. The highest BCUT2D eigenvalue weighted by molar-refractivity contribution is 6.09. The lowest BCUT2D eigenvalue weighted by molar-refractivity contribution is -0.134. The number of fused-ring (bicyclic) bond motifs is 1. The van der Waals surface area contributed by atoms with E-state index in [-0.39, 0.29) is 5.91 Å². The molecule has 0 aromatic heterocycles. The van der Waals surface area contributed by atoms with E-state index in [1.54, 1.807) is 32.2 Å². The van der Waals surface area contributed by atoms with E-state index >= 15 is 0 Å². The Bertz CT molecular complexity index is 472. The Morgan fingerprint density at radius 2 is 2.06 bits per heavy atom. The molecule has 0 spiro atoms. The number of anilines is 1. The zero-order valence-electron chi connectivity index (χ0n) is 9.16. The SMILES string of the molecule is CN1C(=O)[C@@](C)(CC(=O)F)c2ccccc21. The van der Waals surface area contributed by atoms with Crippen molar-refractivity contribution >= 4 is 17.6 Å². The maximum absolute atomic E-state index is 12.6. The van der Waals surface area contributed by atoms with Crippen LogP contribution in [-0.4, -0.2) is 19.0 Å². The fourth-order valence-corrected chi connectivity index (χ4v) is 2.28. The van der Waals surface area contributed by atoms with Gasteiger partial charge in [0.2, 0.25) is 5.91 Å². The minimum atomic E-state index is -1.46. The molecule has 16 heavy (non-hydrogen) atoms. The Morgan fingerprint density at radius 3 is 2.69 bits per heavy atom. The van der Waals surface area contributed by atoms with Gasteiger partial charge in [0.1, 0.15) is 0 Å². The first-order chi connectivity index (χ1) is 7.47. The molecule has 1 amide bonds. The average Bonchev–Trinajstić information content (AvgIpc) is 2.42. The first kappa shape index (κ1) is 10.8. The quantitative estimate of drug-likeness (QED) is 0.714. The van der Waals surface area contributed by atoms with Crippen LogP contribution in [0.2, 0.25) is 0 Å². The number of halogens is 1. The average molecular weight is 221 g/mol. The first-order valence-electron chi connectivity index (χ1n) is 5.03. The van der Waals surface area contributed by atoms with E-state index in [0.29, 0.717) is 5.56 Å². The summed E-state index contributed by atoms with van der Waals surface area (Å²) in [6.45, 7) is 1.61. The van der Waals surface area contributed by atoms with Gasteiger partial charge in [0, 0.05) is 12.7 Å². The van der Waals surface area contributed by atoms with Crippen LogP contribution in [0.5, 0.6) is 0 Å². The van der Waals surface area contributed by atoms with Crippen molar-refractivity contribution in [3.63, 3.8) is 0 Å². The topological polar surface area (TPSA) is 37.4 Å². The molecule has 1 aliphatic heterocycles. The van der Waals surface area contributed by atoms with Crippen LogP contribution in [0, 0.1) is 0 Å². The predicted octanol–water partition coefficient (Wildman–Crippen LogP) is 1.81. The van der Waals surface area contributed by atoms with E-state index in [0.717, 1.165) is 5.69 Å². The van der Waals surface area contributed by atoms with Gasteiger partial charge in [-0.05, 0) is 18.6 Å². The number of hydrogen-bond acceptors (Lipinski definition) is 2. The Balaban J connectivity index is 2.56. The molecule has 0 fully saturated rings. The molecule has 1 heterocycles. The lowest BCUT2D eigenvalue weighted by Gasteiger charge is -2.20. The Labute approximate surface area is 92.9 Å². The van der Waals surface area contributed by atoms with Crippen molar-refractivity contribution in [1.29, 1.82) is 0 Å². The van der Waals surface area contributed by atoms with Crippen LogP contribution in [0.4, 0.5) is 10.1 Å². The highest BCUT2D eigenvalue weighted by Gasteiger charge is 2.47. The van der Waals surface area contributed by atoms with Crippen LogP contribution in [-0.2, 0) is 15.0 Å². The molecular formula is C12H12FNO2. The fraction of sp³-hybridized carbons (Fsp3) is 0.333. The van der Waals surface area contributed by atoms with Gasteiger partial charge in [-0.15, -0.1) is 0 Å². The van der Waals surface area contributed by atoms with Gasteiger partial charge in [0.05, 0.1) is 11.8 Å². The van der Waals surface area contributed by atoms with E-state index in [2.05, 4.69) is 0 Å². The van der Waals surface area contributed by atoms with E-state index in [1.165, 1.54) is 4.90 Å². The van der Waals surface area contributed by atoms with Crippen molar-refractivity contribution in [2.24, 2.45) is 0 Å². The van der Waals surface area contributed by atoms with Gasteiger partial charge in [0.15, 0.2) is 0 Å². The smallest absolute Gasteiger partial charge is 0.302 e. The minimum absolute atomic E-state index is 0.236. The molecule has 1 aromatic rings. The number of carbonyl (C=O) groups excluding carboxylic acids is 2. The Hall–Kier alpha value is -1.71. The molecule has 3 nitrogen and oxygen atoms in total. The molecule has 1 aliphatic rings. The van der Waals surface area contributed by atoms with E-state index in [1.807, 2.05) is 6.07 Å². The van der Waals surface area contributed by atoms with Crippen LogP contribution < -0.4 is 4.90 Å². The number of likely N-dealkylation sites (N-methyl/N-ethyl adjacent to an activating group) is 1. The van der Waals surface area contributed by atoms with Gasteiger partial charge < -0.3 is 4.90 Å². The van der Waals surface area contributed by atoms with Gasteiger partial charge in [0.25, 0.3) is 0 Å². The Morgan fingerprint density at radius 1 is 1.44 bits per heavy atom. The van der Waals surface area contributed by atoms with Gasteiger partial charge >= 0.3 is 6.04 Å². The predicted molar refractivity (Wildman–Crippen MR) is 57.9 cm³/mol. The second-order valence-corrected chi connectivity index (χ2v) is 4.25. The number of para-hydroxylation sites is 1. The van der Waals surface area contributed by atoms with Crippen LogP contribution in [0.3, 0.4) is 0 Å². The normalized spacial score (nSPS) is 23.4. The third-order valence-electron chi connectivity index (χ3n) is 3.13. The summed E-state index contributed by atoms with van der Waals surface area (Å²) in [5.74, 6) is -0.236. The molecule has 4 heteroatoms. The number of hydrogen-bond donors (Lipinski definition) is 0. The summed E-state index contributed by atoms with van der Waals surface area (Å²) >= 11 is 0. The first-order valence-corrected chi connectivity index (χ1v) is 5.03. The molecule has 0 saturated carbocycles. The summed E-state index contributed by atoms with van der Waals surface area (Å²) in [6.07, 6.45) is -0.396. The van der Waals surface area contributed by atoms with Gasteiger partial charge in [-0.3, -0.25) is 9.59 Å². The highest BCUT2D eigenvalue weighted by Crippen LogP contribution is 2.42. The summed E-state index contributed by atoms with van der Waals surface area (Å²) in [6, 6.07) is 5.69. The zero-order chi connectivity index (χ0) is 11.9. The molecule has 84 valence electrons. The number of nitrogens with zero attached hydrogens (tertiary/aromatic N) is 1. The molecule has 0 bridgehead atoms. The lowest BCUT2D eigenvalue weighted by Crippen LogP contribution is -2.37. The fourth-order valence-electron chi connectivity index (χ4n) is 2.28. The van der Waals surface area contributed by atoms with Gasteiger partial charge in [-0.25, -0.2) is 0 Å². The standard InChI is InChI=1S/C12H12FNO2/c1-12(7-10(13)15)8-5-3-4-6-9(8)14(2)11(12)16/h3-6H,7H2,1-2H3/t12-/m0/s1. The second-order valence-electron chi connectivity index (χ2n) is 4.25. The summed E-state index contributed by atoms with van der Waals surface area (Å²) in [7, 11) is 1.63.